The van der Waals surface area contributed by atoms with Gasteiger partial charge in [-0.1, -0.05) is 110 Å². The number of imide groups is 1. The Bertz CT molecular complexity index is 2090. The number of hydrogen-bond acceptors (Lipinski definition) is 10. The lowest BCUT2D eigenvalue weighted by molar-refractivity contribution is -0.268. The number of nitrogens with one attached hydrogen (secondary N) is 1. The van der Waals surface area contributed by atoms with Crippen LogP contribution in [0.25, 0.3) is 11.1 Å². The van der Waals surface area contributed by atoms with Crippen LogP contribution in [0.15, 0.2) is 115 Å². The summed E-state index contributed by atoms with van der Waals surface area (Å²) in [4.78, 5) is 39.8. The third-order valence-corrected chi connectivity index (χ3v) is 10.8. The van der Waals surface area contributed by atoms with E-state index < -0.39 is 24.3 Å². The number of aromatic nitrogens is 3. The van der Waals surface area contributed by atoms with Gasteiger partial charge in [0.15, 0.2) is 11.4 Å². The van der Waals surface area contributed by atoms with Crippen molar-refractivity contribution in [2.24, 2.45) is 13.0 Å². The molecular weight excluding hydrogens is 707 g/mol. The number of aryl methyl sites for hydroxylation is 1. The minimum absolute atomic E-state index is 0.00700. The second-order valence-electron chi connectivity index (χ2n) is 13.5. The third-order valence-electron chi connectivity index (χ3n) is 9.68. The maximum Gasteiger partial charge on any atom is 0.408 e. The maximum atomic E-state index is 13.2. The summed E-state index contributed by atoms with van der Waals surface area (Å²) in [6.45, 7) is 2.21. The molecule has 12 nitrogen and oxygen atoms in total. The molecule has 3 heterocycles. The number of aliphatic hydroxyl groups excluding tert-OH is 1. The summed E-state index contributed by atoms with van der Waals surface area (Å²) in [5, 5.41) is 21.2. The van der Waals surface area contributed by atoms with E-state index in [1.165, 1.54) is 4.90 Å². The second kappa shape index (κ2) is 16.8. The Hall–Kier alpha value is -5.34. The van der Waals surface area contributed by atoms with Gasteiger partial charge in [-0.05, 0) is 45.5 Å². The Morgan fingerprint density at radius 1 is 0.907 bits per heavy atom. The average molecular weight is 748 g/mol. The van der Waals surface area contributed by atoms with Gasteiger partial charge in [0.05, 0.1) is 31.8 Å². The van der Waals surface area contributed by atoms with E-state index in [9.17, 15) is 19.5 Å². The smallest absolute Gasteiger partial charge is 0.408 e. The van der Waals surface area contributed by atoms with E-state index in [-0.39, 0.29) is 50.2 Å². The monoisotopic (exact) mass is 747 g/mol. The molecular formula is C41H41N5O7S. The predicted molar refractivity (Wildman–Crippen MR) is 200 cm³/mol. The highest BCUT2D eigenvalue weighted by Gasteiger charge is 2.40. The zero-order chi connectivity index (χ0) is 37.6. The first-order chi connectivity index (χ1) is 26.2. The lowest BCUT2D eigenvalue weighted by Gasteiger charge is -2.41. The molecule has 3 amide bonds. The topological polar surface area (TPSA) is 145 Å². The Balaban J connectivity index is 1.05. The van der Waals surface area contributed by atoms with Crippen LogP contribution in [0.5, 0.6) is 0 Å². The number of thioether (sulfide) groups is 1. The normalized spacial score (nSPS) is 21.3. The van der Waals surface area contributed by atoms with Crippen LogP contribution in [0, 0.1) is 5.92 Å². The van der Waals surface area contributed by atoms with Gasteiger partial charge in [-0.3, -0.25) is 14.5 Å². The van der Waals surface area contributed by atoms with Crippen LogP contribution in [-0.2, 0) is 50.6 Å². The zero-order valence-electron chi connectivity index (χ0n) is 29.9. The summed E-state index contributed by atoms with van der Waals surface area (Å²) in [5.74, 6) is -0.196. The minimum atomic E-state index is -0.988. The fraction of sp³-hybridized carbons (Fsp3) is 0.293. The maximum absolute atomic E-state index is 13.2. The Morgan fingerprint density at radius 3 is 2.39 bits per heavy atom. The quantitative estimate of drug-likeness (QED) is 0.113. The molecule has 0 saturated carbocycles. The van der Waals surface area contributed by atoms with Crippen molar-refractivity contribution in [3.05, 3.63) is 137 Å². The lowest BCUT2D eigenvalue weighted by Crippen LogP contribution is -2.41. The van der Waals surface area contributed by atoms with Gasteiger partial charge in [-0.15, -0.1) is 10.2 Å². The van der Waals surface area contributed by atoms with Crippen LogP contribution >= 0.6 is 11.8 Å². The second-order valence-corrected chi connectivity index (χ2v) is 14.5. The number of rotatable bonds is 12. The van der Waals surface area contributed by atoms with E-state index >= 15 is 0 Å². The van der Waals surface area contributed by atoms with Crippen LogP contribution in [0.3, 0.4) is 0 Å². The number of ether oxygens (including phenoxy) is 3. The summed E-state index contributed by atoms with van der Waals surface area (Å²) >= 11 is 1.58. The molecule has 54 heavy (non-hydrogen) atoms. The van der Waals surface area contributed by atoms with Gasteiger partial charge < -0.3 is 29.2 Å². The average Bonchev–Trinajstić information content (AvgIpc) is 3.73. The summed E-state index contributed by atoms with van der Waals surface area (Å²) in [7, 11) is 1.91. The molecule has 2 N–H and O–H groups in total. The molecule has 0 spiro atoms. The Morgan fingerprint density at radius 2 is 1.65 bits per heavy atom. The van der Waals surface area contributed by atoms with Crippen LogP contribution in [0.1, 0.15) is 53.6 Å². The summed E-state index contributed by atoms with van der Waals surface area (Å²) in [5.41, 5.74) is 6.04. The van der Waals surface area contributed by atoms with E-state index in [0.29, 0.717) is 5.75 Å². The van der Waals surface area contributed by atoms with Gasteiger partial charge in [-0.25, -0.2) is 4.79 Å². The first-order valence-electron chi connectivity index (χ1n) is 17.7. The SMILES string of the molecule is C[C@@H]1[C@H](CSc2nncn2C)O[C@H](c2cccc(-c3cccc(CN4C(=O)CC(NC(=O)OCc5ccccc5)C4=O)c3)c2)O[C@@H]1c1ccc(CO)cc1. The molecule has 278 valence electrons. The van der Waals surface area contributed by atoms with Crippen molar-refractivity contribution >= 4 is 29.7 Å². The van der Waals surface area contributed by atoms with E-state index in [2.05, 4.69) is 22.4 Å². The Kier molecular flexibility index (Phi) is 11.5. The predicted octanol–water partition coefficient (Wildman–Crippen LogP) is 6.11. The fourth-order valence-electron chi connectivity index (χ4n) is 6.64. The van der Waals surface area contributed by atoms with Gasteiger partial charge in [0, 0.05) is 24.3 Å². The molecule has 2 aliphatic rings. The molecule has 2 fully saturated rings. The number of benzene rings is 4. The number of hydrogen-bond donors (Lipinski definition) is 2. The number of alkyl carbamates (subject to hydrolysis) is 1. The molecule has 5 atom stereocenters. The highest BCUT2D eigenvalue weighted by atomic mass is 32.2. The number of carbonyl (C=O) groups is 3. The first kappa shape index (κ1) is 37.0. The minimum Gasteiger partial charge on any atom is -0.445 e. The van der Waals surface area contributed by atoms with Crippen molar-refractivity contribution in [3.63, 3.8) is 0 Å². The standard InChI is InChI=1S/C41H41N5O7S/c1-26-35(24-54-40-44-42-25-45(40)2)52-39(53-37(26)30-16-14-27(22-47)15-17-30)33-13-7-12-32(19-33)31-11-6-10-29(18-31)21-46-36(48)20-34(38(46)49)43-41(50)51-23-28-8-4-3-5-9-28/h3-19,25-26,34-35,37,39,47H,20-24H2,1-2H3,(H,43,50)/t26-,34?,35+,37+,39+/m1/s1. The number of likely N-dealkylation sites (tertiary alicyclic amines) is 1. The number of carbonyl (C=O) groups excluding carboxylic acids is 3. The van der Waals surface area contributed by atoms with E-state index in [0.717, 1.165) is 44.1 Å². The molecule has 0 bridgehead atoms. The van der Waals surface area contributed by atoms with Crippen molar-refractivity contribution in [3.8, 4) is 11.1 Å². The van der Waals surface area contributed by atoms with Gasteiger partial charge in [0.1, 0.15) is 19.0 Å². The van der Waals surface area contributed by atoms with Gasteiger partial charge >= 0.3 is 6.09 Å². The molecule has 2 aliphatic heterocycles. The number of aliphatic hydroxyl groups is 1. The van der Waals surface area contributed by atoms with Crippen LogP contribution in [0.4, 0.5) is 4.79 Å². The molecule has 4 aromatic carbocycles. The Labute approximate surface area is 317 Å². The molecule has 2 saturated heterocycles. The third kappa shape index (κ3) is 8.55. The first-order valence-corrected chi connectivity index (χ1v) is 18.7. The lowest BCUT2D eigenvalue weighted by atomic mass is 9.91. The molecule has 5 aromatic rings. The van der Waals surface area contributed by atoms with E-state index in [1.54, 1.807) is 18.1 Å². The zero-order valence-corrected chi connectivity index (χ0v) is 30.7. The van der Waals surface area contributed by atoms with Crippen molar-refractivity contribution in [2.75, 3.05) is 5.75 Å². The number of amides is 3. The molecule has 0 aliphatic carbocycles. The van der Waals surface area contributed by atoms with Gasteiger partial charge in [0.2, 0.25) is 5.91 Å². The van der Waals surface area contributed by atoms with Crippen LogP contribution < -0.4 is 5.32 Å². The molecule has 1 aromatic heterocycles. The van der Waals surface area contributed by atoms with Crippen LogP contribution in [0.2, 0.25) is 0 Å². The fourth-order valence-corrected chi connectivity index (χ4v) is 7.69. The molecule has 0 radical (unpaired) electrons. The summed E-state index contributed by atoms with van der Waals surface area (Å²) in [6.07, 6.45) is -0.331. The van der Waals surface area contributed by atoms with Crippen LogP contribution in [-0.4, -0.2) is 60.6 Å². The highest BCUT2D eigenvalue weighted by molar-refractivity contribution is 7.99. The number of nitrogens with zero attached hydrogens (tertiary/aromatic N) is 4. The van der Waals surface area contributed by atoms with E-state index in [1.807, 2.05) is 115 Å². The van der Waals surface area contributed by atoms with Crippen molar-refractivity contribution < 1.29 is 33.7 Å². The van der Waals surface area contributed by atoms with Gasteiger partial charge in [-0.2, -0.15) is 0 Å². The molecule has 1 unspecified atom stereocenters. The highest BCUT2D eigenvalue weighted by Crippen LogP contribution is 2.43. The molecule has 13 heteroatoms. The summed E-state index contributed by atoms with van der Waals surface area (Å²) < 4.78 is 20.5. The van der Waals surface area contributed by atoms with Crippen molar-refractivity contribution in [1.82, 2.24) is 25.0 Å². The van der Waals surface area contributed by atoms with Crippen molar-refractivity contribution in [2.45, 2.75) is 62.8 Å². The van der Waals surface area contributed by atoms with Crippen molar-refractivity contribution in [1.29, 1.82) is 0 Å². The molecule has 7 rings (SSSR count). The largest absolute Gasteiger partial charge is 0.445 e. The summed E-state index contributed by atoms with van der Waals surface area (Å²) in [6, 6.07) is 31.7. The van der Waals surface area contributed by atoms with E-state index in [4.69, 9.17) is 14.2 Å². The van der Waals surface area contributed by atoms with Gasteiger partial charge in [0.25, 0.3) is 5.91 Å².